The summed E-state index contributed by atoms with van der Waals surface area (Å²) in [4.78, 5) is 21.7. The summed E-state index contributed by atoms with van der Waals surface area (Å²) in [5.74, 6) is -2.62. The van der Waals surface area contributed by atoms with E-state index in [4.69, 9.17) is 0 Å². The van der Waals surface area contributed by atoms with Gasteiger partial charge in [-0.2, -0.15) is 13.2 Å². The Bertz CT molecular complexity index is 628. The number of piperidine rings is 1. The van der Waals surface area contributed by atoms with E-state index in [-0.39, 0.29) is 30.4 Å². The molecule has 0 radical (unpaired) electrons. The molecule has 132 valence electrons. The van der Waals surface area contributed by atoms with Crippen molar-refractivity contribution in [3.05, 3.63) is 34.1 Å². The fraction of sp³-hybridized carbons (Fsp3) is 0.500. The second kappa shape index (κ2) is 7.02. The summed E-state index contributed by atoms with van der Waals surface area (Å²) < 4.78 is 50.7. The number of non-ortho nitro benzene ring substituents is 1. The molecule has 1 aliphatic rings. The van der Waals surface area contributed by atoms with Gasteiger partial charge in [-0.05, 0) is 24.8 Å². The summed E-state index contributed by atoms with van der Waals surface area (Å²) >= 11 is 0. The maximum atomic E-state index is 13.7. The molecule has 24 heavy (non-hydrogen) atoms. The minimum absolute atomic E-state index is 0.00651. The molecule has 2 rings (SSSR count). The van der Waals surface area contributed by atoms with Gasteiger partial charge in [-0.1, -0.05) is 0 Å². The number of carbonyl (C=O) groups excluding carboxylic acids is 1. The molecule has 1 saturated heterocycles. The summed E-state index contributed by atoms with van der Waals surface area (Å²) in [5, 5.41) is 13.3. The van der Waals surface area contributed by atoms with E-state index in [9.17, 15) is 32.5 Å². The van der Waals surface area contributed by atoms with Crippen molar-refractivity contribution in [1.82, 2.24) is 4.90 Å². The number of halogens is 4. The lowest BCUT2D eigenvalue weighted by Crippen LogP contribution is -2.46. The molecular weight excluding hydrogens is 334 g/mol. The Hall–Kier alpha value is -2.39. The lowest BCUT2D eigenvalue weighted by molar-refractivity contribution is -0.385. The largest absolute Gasteiger partial charge is 0.471 e. The van der Waals surface area contributed by atoms with Crippen molar-refractivity contribution >= 4 is 17.3 Å². The fourth-order valence-corrected chi connectivity index (χ4v) is 2.53. The first kappa shape index (κ1) is 18.0. The number of rotatable bonds is 4. The second-order valence-electron chi connectivity index (χ2n) is 5.54. The molecule has 0 aliphatic carbocycles. The van der Waals surface area contributed by atoms with Crippen LogP contribution in [0.3, 0.4) is 0 Å². The SMILES string of the molecule is O=C(N1CCC(CNc2ccc([N+](=O)[O-])cc2F)CC1)C(F)(F)F. The van der Waals surface area contributed by atoms with Crippen molar-refractivity contribution < 1.29 is 27.3 Å². The van der Waals surface area contributed by atoms with Crippen LogP contribution in [-0.2, 0) is 4.79 Å². The standard InChI is InChI=1S/C14H15F4N3O3/c15-11-7-10(21(23)24)1-2-12(11)19-8-9-3-5-20(6-4-9)13(22)14(16,17)18/h1-2,7,9,19H,3-6,8H2. The van der Waals surface area contributed by atoms with Gasteiger partial charge >= 0.3 is 12.1 Å². The quantitative estimate of drug-likeness (QED) is 0.515. The first-order valence-electron chi connectivity index (χ1n) is 7.22. The van der Waals surface area contributed by atoms with Crippen molar-refractivity contribution in [2.45, 2.75) is 19.0 Å². The number of likely N-dealkylation sites (tertiary alicyclic amines) is 1. The highest BCUT2D eigenvalue weighted by molar-refractivity contribution is 5.81. The highest BCUT2D eigenvalue weighted by Crippen LogP contribution is 2.25. The molecule has 1 N–H and O–H groups in total. The monoisotopic (exact) mass is 349 g/mol. The van der Waals surface area contributed by atoms with Crippen LogP contribution >= 0.6 is 0 Å². The van der Waals surface area contributed by atoms with E-state index in [1.165, 1.54) is 6.07 Å². The second-order valence-corrected chi connectivity index (χ2v) is 5.54. The average molecular weight is 349 g/mol. The van der Waals surface area contributed by atoms with Crippen LogP contribution < -0.4 is 5.32 Å². The number of carbonyl (C=O) groups is 1. The van der Waals surface area contributed by atoms with Crippen molar-refractivity contribution in [3.8, 4) is 0 Å². The number of alkyl halides is 3. The van der Waals surface area contributed by atoms with E-state index < -0.39 is 22.8 Å². The number of nitrogens with one attached hydrogen (secondary N) is 1. The van der Waals surface area contributed by atoms with E-state index in [0.717, 1.165) is 17.0 Å². The van der Waals surface area contributed by atoms with Gasteiger partial charge < -0.3 is 10.2 Å². The van der Waals surface area contributed by atoms with Crippen LogP contribution in [-0.4, -0.2) is 41.5 Å². The third-order valence-corrected chi connectivity index (χ3v) is 3.89. The Kier molecular flexibility index (Phi) is 5.25. The number of amides is 1. The molecule has 1 aromatic carbocycles. The predicted molar refractivity (Wildman–Crippen MR) is 76.9 cm³/mol. The highest BCUT2D eigenvalue weighted by Gasteiger charge is 2.43. The summed E-state index contributed by atoms with van der Waals surface area (Å²) in [5.41, 5.74) is -0.272. The lowest BCUT2D eigenvalue weighted by Gasteiger charge is -2.32. The van der Waals surface area contributed by atoms with Gasteiger partial charge in [0.05, 0.1) is 16.7 Å². The van der Waals surface area contributed by atoms with Crippen LogP contribution in [0.1, 0.15) is 12.8 Å². The minimum Gasteiger partial charge on any atom is -0.382 e. The van der Waals surface area contributed by atoms with Gasteiger partial charge in [0.1, 0.15) is 0 Å². The van der Waals surface area contributed by atoms with Crippen LogP contribution in [0.25, 0.3) is 0 Å². The average Bonchev–Trinajstić information content (AvgIpc) is 2.52. The predicted octanol–water partition coefficient (Wildman–Crippen LogP) is 2.95. The summed E-state index contributed by atoms with van der Waals surface area (Å²) in [6, 6.07) is 3.21. The van der Waals surface area contributed by atoms with Gasteiger partial charge in [-0.3, -0.25) is 14.9 Å². The molecule has 1 heterocycles. The number of hydrogen-bond acceptors (Lipinski definition) is 4. The molecule has 0 atom stereocenters. The molecular formula is C14H15F4N3O3. The van der Waals surface area contributed by atoms with Crippen molar-refractivity contribution in [1.29, 1.82) is 0 Å². The third kappa shape index (κ3) is 4.33. The van der Waals surface area contributed by atoms with Crippen LogP contribution in [0.4, 0.5) is 28.9 Å². The Morgan fingerprint density at radius 1 is 1.33 bits per heavy atom. The van der Waals surface area contributed by atoms with Crippen LogP contribution in [0.15, 0.2) is 18.2 Å². The maximum absolute atomic E-state index is 13.7. The molecule has 1 aromatic rings. The van der Waals surface area contributed by atoms with Crippen molar-refractivity contribution in [2.24, 2.45) is 5.92 Å². The molecule has 0 aromatic heterocycles. The Labute approximate surface area is 134 Å². The number of anilines is 1. The lowest BCUT2D eigenvalue weighted by atomic mass is 9.96. The number of hydrogen-bond donors (Lipinski definition) is 1. The zero-order valence-corrected chi connectivity index (χ0v) is 12.5. The Morgan fingerprint density at radius 2 is 1.96 bits per heavy atom. The fourth-order valence-electron chi connectivity index (χ4n) is 2.53. The molecule has 1 fully saturated rings. The number of nitrogens with zero attached hydrogens (tertiary/aromatic N) is 2. The number of benzene rings is 1. The molecule has 6 nitrogen and oxygen atoms in total. The Morgan fingerprint density at radius 3 is 2.46 bits per heavy atom. The molecule has 0 unspecified atom stereocenters. The smallest absolute Gasteiger partial charge is 0.382 e. The molecule has 10 heteroatoms. The van der Waals surface area contributed by atoms with E-state index in [1.807, 2.05) is 0 Å². The maximum Gasteiger partial charge on any atom is 0.471 e. The number of nitro groups is 1. The molecule has 0 bridgehead atoms. The van der Waals surface area contributed by atoms with Gasteiger partial charge in [0.25, 0.3) is 5.69 Å². The third-order valence-electron chi connectivity index (χ3n) is 3.89. The van der Waals surface area contributed by atoms with Gasteiger partial charge in [0.15, 0.2) is 5.82 Å². The van der Waals surface area contributed by atoms with E-state index >= 15 is 0 Å². The van der Waals surface area contributed by atoms with Gasteiger partial charge in [-0.25, -0.2) is 4.39 Å². The van der Waals surface area contributed by atoms with Gasteiger partial charge in [0.2, 0.25) is 0 Å². The van der Waals surface area contributed by atoms with Crippen LogP contribution in [0.5, 0.6) is 0 Å². The zero-order valence-electron chi connectivity index (χ0n) is 12.5. The zero-order chi connectivity index (χ0) is 17.9. The van der Waals surface area contributed by atoms with E-state index in [2.05, 4.69) is 5.32 Å². The van der Waals surface area contributed by atoms with Crippen molar-refractivity contribution in [2.75, 3.05) is 25.0 Å². The summed E-state index contributed by atoms with van der Waals surface area (Å²) in [6.07, 6.45) is -4.14. The molecule has 1 aliphatic heterocycles. The molecule has 1 amide bonds. The normalized spacial score (nSPS) is 16.1. The van der Waals surface area contributed by atoms with Crippen LogP contribution in [0.2, 0.25) is 0 Å². The highest BCUT2D eigenvalue weighted by atomic mass is 19.4. The molecule has 0 saturated carbocycles. The van der Waals surface area contributed by atoms with Gasteiger partial charge in [0, 0.05) is 25.7 Å². The van der Waals surface area contributed by atoms with E-state index in [0.29, 0.717) is 19.4 Å². The van der Waals surface area contributed by atoms with E-state index in [1.54, 1.807) is 0 Å². The first-order valence-corrected chi connectivity index (χ1v) is 7.22. The van der Waals surface area contributed by atoms with Crippen molar-refractivity contribution in [3.63, 3.8) is 0 Å². The number of nitro benzene ring substituents is 1. The molecule has 0 spiro atoms. The topological polar surface area (TPSA) is 75.5 Å². The minimum atomic E-state index is -4.87. The first-order chi connectivity index (χ1) is 11.2. The van der Waals surface area contributed by atoms with Gasteiger partial charge in [-0.15, -0.1) is 0 Å². The summed E-state index contributed by atoms with van der Waals surface area (Å²) in [7, 11) is 0. The Balaban J connectivity index is 1.85. The summed E-state index contributed by atoms with van der Waals surface area (Å²) in [6.45, 7) is 0.295. The van der Waals surface area contributed by atoms with Crippen LogP contribution in [0, 0.1) is 21.8 Å².